The Morgan fingerprint density at radius 1 is 1.22 bits per heavy atom. The molecule has 0 N–H and O–H groups in total. The Balaban J connectivity index is 2.75. The molecule has 0 aliphatic rings. The summed E-state index contributed by atoms with van der Waals surface area (Å²) in [6.07, 6.45) is 4.43. The zero-order valence-electron chi connectivity index (χ0n) is 11.3. The minimum absolute atomic E-state index is 0.495. The van der Waals surface area contributed by atoms with Crippen LogP contribution >= 0.6 is 11.6 Å². The van der Waals surface area contributed by atoms with Gasteiger partial charge in [0.1, 0.15) is 4.36 Å². The zero-order chi connectivity index (χ0) is 13.5. The summed E-state index contributed by atoms with van der Waals surface area (Å²) < 4.78 is 12.7. The number of rotatable bonds is 6. The van der Waals surface area contributed by atoms with Crippen LogP contribution in [0.4, 0.5) is 0 Å². The molecule has 1 rings (SSSR count). The standard InChI is InChI=1S/C15H21ClOS/c1-4-5-6-7-13(3)15(16)18(17)14-10-8-12(2)9-11-14/h8-11H,4-7H2,1-3H3/b15-13-. The molecule has 1 aromatic rings. The Hall–Kier alpha value is -0.600. The van der Waals surface area contributed by atoms with E-state index in [0.717, 1.165) is 28.9 Å². The maximum atomic E-state index is 12.3. The van der Waals surface area contributed by atoms with Crippen molar-refractivity contribution in [2.24, 2.45) is 0 Å². The average Bonchev–Trinajstić information content (AvgIpc) is 2.38. The predicted octanol–water partition coefficient (Wildman–Crippen LogP) is 5.15. The molecule has 0 radical (unpaired) electrons. The van der Waals surface area contributed by atoms with E-state index >= 15 is 0 Å². The van der Waals surface area contributed by atoms with Crippen LogP contribution < -0.4 is 0 Å². The SMILES string of the molecule is CCCCC/C(C)=C(/Cl)S(=O)c1ccc(C)cc1. The van der Waals surface area contributed by atoms with Crippen LogP contribution in [0.2, 0.25) is 0 Å². The van der Waals surface area contributed by atoms with Gasteiger partial charge in [0.05, 0.1) is 10.8 Å². The lowest BCUT2D eigenvalue weighted by molar-refractivity contribution is 0.686. The Labute approximate surface area is 118 Å². The fourth-order valence-corrected chi connectivity index (χ4v) is 3.03. The van der Waals surface area contributed by atoms with Crippen molar-refractivity contribution >= 4 is 22.4 Å². The molecule has 100 valence electrons. The maximum absolute atomic E-state index is 12.3. The molecular formula is C15H21ClOS. The first-order valence-electron chi connectivity index (χ1n) is 6.40. The third-order valence-corrected chi connectivity index (χ3v) is 5.01. The van der Waals surface area contributed by atoms with Gasteiger partial charge in [0.2, 0.25) is 0 Å². The van der Waals surface area contributed by atoms with Crippen molar-refractivity contribution in [2.75, 3.05) is 0 Å². The molecule has 1 aromatic carbocycles. The molecule has 0 aliphatic carbocycles. The highest BCUT2D eigenvalue weighted by atomic mass is 35.5. The van der Waals surface area contributed by atoms with Gasteiger partial charge in [-0.15, -0.1) is 0 Å². The molecule has 0 saturated heterocycles. The van der Waals surface area contributed by atoms with E-state index in [2.05, 4.69) is 6.92 Å². The fourth-order valence-electron chi connectivity index (χ4n) is 1.66. The van der Waals surface area contributed by atoms with E-state index in [0.29, 0.717) is 4.36 Å². The summed E-state index contributed by atoms with van der Waals surface area (Å²) in [5.41, 5.74) is 2.21. The molecule has 1 atom stereocenters. The number of unbranched alkanes of at least 4 members (excludes halogenated alkanes) is 2. The lowest BCUT2D eigenvalue weighted by atomic mass is 10.1. The zero-order valence-corrected chi connectivity index (χ0v) is 12.9. The monoisotopic (exact) mass is 284 g/mol. The van der Waals surface area contributed by atoms with Gasteiger partial charge in [-0.05, 0) is 44.4 Å². The van der Waals surface area contributed by atoms with E-state index < -0.39 is 10.8 Å². The normalized spacial score (nSPS) is 14.2. The Bertz CT molecular complexity index is 434. The molecule has 0 aromatic heterocycles. The second-order valence-corrected chi connectivity index (χ2v) is 6.61. The lowest BCUT2D eigenvalue weighted by Gasteiger charge is -2.06. The average molecular weight is 285 g/mol. The van der Waals surface area contributed by atoms with E-state index in [-0.39, 0.29) is 0 Å². The van der Waals surface area contributed by atoms with Gasteiger partial charge in [-0.1, -0.05) is 49.1 Å². The summed E-state index contributed by atoms with van der Waals surface area (Å²) in [7, 11) is -1.23. The van der Waals surface area contributed by atoms with Gasteiger partial charge < -0.3 is 0 Å². The van der Waals surface area contributed by atoms with Gasteiger partial charge in [0.15, 0.2) is 0 Å². The molecule has 0 fully saturated rings. The summed E-state index contributed by atoms with van der Waals surface area (Å²) in [6, 6.07) is 7.69. The highest BCUT2D eigenvalue weighted by Crippen LogP contribution is 2.24. The number of hydrogen-bond donors (Lipinski definition) is 0. The number of hydrogen-bond acceptors (Lipinski definition) is 1. The van der Waals surface area contributed by atoms with Gasteiger partial charge in [0.25, 0.3) is 0 Å². The van der Waals surface area contributed by atoms with Gasteiger partial charge >= 0.3 is 0 Å². The van der Waals surface area contributed by atoms with E-state index in [4.69, 9.17) is 11.6 Å². The Morgan fingerprint density at radius 3 is 2.39 bits per heavy atom. The third kappa shape index (κ3) is 4.58. The largest absolute Gasteiger partial charge is 0.248 e. The van der Waals surface area contributed by atoms with Crippen LogP contribution in [0.3, 0.4) is 0 Å². The number of halogens is 1. The summed E-state index contributed by atoms with van der Waals surface area (Å²) >= 11 is 6.21. The molecule has 0 heterocycles. The van der Waals surface area contributed by atoms with Crippen molar-refractivity contribution in [3.05, 3.63) is 39.8 Å². The molecule has 3 heteroatoms. The van der Waals surface area contributed by atoms with Crippen LogP contribution in [-0.2, 0) is 10.8 Å². The fraction of sp³-hybridized carbons (Fsp3) is 0.467. The molecule has 0 amide bonds. The number of benzene rings is 1. The van der Waals surface area contributed by atoms with Crippen molar-refractivity contribution < 1.29 is 4.21 Å². The maximum Gasteiger partial charge on any atom is 0.108 e. The van der Waals surface area contributed by atoms with Crippen molar-refractivity contribution in [1.29, 1.82) is 0 Å². The van der Waals surface area contributed by atoms with Gasteiger partial charge in [-0.25, -0.2) is 4.21 Å². The van der Waals surface area contributed by atoms with E-state index in [1.807, 2.05) is 38.1 Å². The topological polar surface area (TPSA) is 17.1 Å². The van der Waals surface area contributed by atoms with Crippen molar-refractivity contribution in [3.8, 4) is 0 Å². The van der Waals surface area contributed by atoms with Crippen LogP contribution in [0.25, 0.3) is 0 Å². The van der Waals surface area contributed by atoms with Gasteiger partial charge in [-0.3, -0.25) is 0 Å². The Kier molecular flexibility index (Phi) is 6.66. The molecule has 1 unspecified atom stereocenters. The van der Waals surface area contributed by atoms with Crippen LogP contribution in [0.5, 0.6) is 0 Å². The number of aryl methyl sites for hydroxylation is 1. The Morgan fingerprint density at radius 2 is 1.83 bits per heavy atom. The summed E-state index contributed by atoms with van der Waals surface area (Å²) in [6.45, 7) is 6.16. The third-order valence-electron chi connectivity index (χ3n) is 2.89. The quantitative estimate of drug-likeness (QED) is 0.660. The minimum Gasteiger partial charge on any atom is -0.248 e. The number of allylic oxidation sites excluding steroid dienone is 1. The van der Waals surface area contributed by atoms with Crippen molar-refractivity contribution in [1.82, 2.24) is 0 Å². The van der Waals surface area contributed by atoms with Crippen molar-refractivity contribution in [2.45, 2.75) is 51.3 Å². The minimum atomic E-state index is -1.23. The lowest BCUT2D eigenvalue weighted by Crippen LogP contribution is -1.94. The van der Waals surface area contributed by atoms with Gasteiger partial charge in [-0.2, -0.15) is 0 Å². The van der Waals surface area contributed by atoms with E-state index in [1.165, 1.54) is 12.8 Å². The van der Waals surface area contributed by atoms with E-state index in [1.54, 1.807) is 0 Å². The first-order chi connectivity index (χ1) is 8.56. The highest BCUT2D eigenvalue weighted by molar-refractivity contribution is 7.90. The van der Waals surface area contributed by atoms with Crippen LogP contribution in [-0.4, -0.2) is 4.21 Å². The first kappa shape index (κ1) is 15.5. The predicted molar refractivity (Wildman–Crippen MR) is 80.3 cm³/mol. The second kappa shape index (κ2) is 7.75. The summed E-state index contributed by atoms with van der Waals surface area (Å²) in [4.78, 5) is 0.778. The molecule has 0 bridgehead atoms. The van der Waals surface area contributed by atoms with Crippen LogP contribution in [0.15, 0.2) is 39.1 Å². The molecule has 0 saturated carbocycles. The van der Waals surface area contributed by atoms with E-state index in [9.17, 15) is 4.21 Å². The highest BCUT2D eigenvalue weighted by Gasteiger charge is 2.10. The molecule has 1 nitrogen and oxygen atoms in total. The van der Waals surface area contributed by atoms with Crippen LogP contribution in [0.1, 0.15) is 45.1 Å². The summed E-state index contributed by atoms with van der Waals surface area (Å²) in [5.74, 6) is 0. The summed E-state index contributed by atoms with van der Waals surface area (Å²) in [5, 5.41) is 0. The molecule has 0 spiro atoms. The molecular weight excluding hydrogens is 264 g/mol. The second-order valence-electron chi connectivity index (χ2n) is 4.59. The molecule has 0 aliphatic heterocycles. The van der Waals surface area contributed by atoms with Crippen LogP contribution in [0, 0.1) is 6.92 Å². The first-order valence-corrected chi connectivity index (χ1v) is 7.92. The van der Waals surface area contributed by atoms with Crippen molar-refractivity contribution in [3.63, 3.8) is 0 Å². The van der Waals surface area contributed by atoms with Gasteiger partial charge in [0, 0.05) is 4.90 Å². The molecule has 18 heavy (non-hydrogen) atoms. The smallest absolute Gasteiger partial charge is 0.108 e.